The number of ether oxygens (including phenoxy) is 3. The SMILES string of the molecule is CCOC(=O)[C@H]1CC[C@H](N2CCOCC2=O)[C@H](NC(=O)OC(C)(C)C)C1. The fraction of sp³-hybridized carbons (Fsp3) is 0.833. The molecule has 26 heavy (non-hydrogen) atoms. The molecule has 8 heteroatoms. The van der Waals surface area contributed by atoms with Crippen LogP contribution >= 0.6 is 0 Å². The third-order valence-corrected chi connectivity index (χ3v) is 4.56. The van der Waals surface area contributed by atoms with Crippen molar-refractivity contribution in [2.75, 3.05) is 26.4 Å². The lowest BCUT2D eigenvalue weighted by Gasteiger charge is -2.43. The quantitative estimate of drug-likeness (QED) is 0.753. The Kier molecular flexibility index (Phi) is 6.86. The zero-order chi connectivity index (χ0) is 19.3. The summed E-state index contributed by atoms with van der Waals surface area (Å²) in [6.07, 6.45) is 1.13. The maximum absolute atomic E-state index is 12.3. The molecule has 1 saturated heterocycles. The van der Waals surface area contributed by atoms with Gasteiger partial charge in [-0.25, -0.2) is 4.79 Å². The summed E-state index contributed by atoms with van der Waals surface area (Å²) in [6, 6.07) is -0.542. The van der Waals surface area contributed by atoms with E-state index in [1.54, 1.807) is 32.6 Å². The molecule has 8 nitrogen and oxygen atoms in total. The van der Waals surface area contributed by atoms with Crippen LogP contribution in [0.15, 0.2) is 0 Å². The average Bonchev–Trinajstić information content (AvgIpc) is 2.54. The van der Waals surface area contributed by atoms with Crippen LogP contribution in [0.1, 0.15) is 47.0 Å². The second kappa shape index (κ2) is 8.70. The first kappa shape index (κ1) is 20.5. The van der Waals surface area contributed by atoms with Crippen LogP contribution in [-0.4, -0.2) is 66.9 Å². The highest BCUT2D eigenvalue weighted by molar-refractivity contribution is 5.79. The molecule has 1 N–H and O–H groups in total. The lowest BCUT2D eigenvalue weighted by Crippen LogP contribution is -2.59. The predicted molar refractivity (Wildman–Crippen MR) is 93.5 cm³/mol. The summed E-state index contributed by atoms with van der Waals surface area (Å²) in [7, 11) is 0. The van der Waals surface area contributed by atoms with Gasteiger partial charge in [0, 0.05) is 6.54 Å². The summed E-state index contributed by atoms with van der Waals surface area (Å²) < 4.78 is 15.7. The number of amides is 2. The molecule has 2 aliphatic rings. The van der Waals surface area contributed by atoms with Crippen molar-refractivity contribution < 1.29 is 28.6 Å². The number of carbonyl (C=O) groups is 3. The van der Waals surface area contributed by atoms with Crippen LogP contribution in [0, 0.1) is 5.92 Å². The zero-order valence-corrected chi connectivity index (χ0v) is 16.1. The number of hydrogen-bond donors (Lipinski definition) is 1. The van der Waals surface area contributed by atoms with Crippen molar-refractivity contribution in [3.8, 4) is 0 Å². The van der Waals surface area contributed by atoms with E-state index in [2.05, 4.69) is 5.32 Å². The molecule has 148 valence electrons. The maximum atomic E-state index is 12.3. The van der Waals surface area contributed by atoms with E-state index in [0.717, 1.165) is 0 Å². The first-order chi connectivity index (χ1) is 12.2. The molecule has 0 aromatic rings. The summed E-state index contributed by atoms with van der Waals surface area (Å²) in [5.41, 5.74) is -0.621. The van der Waals surface area contributed by atoms with Crippen LogP contribution in [0.25, 0.3) is 0 Å². The van der Waals surface area contributed by atoms with Crippen molar-refractivity contribution in [2.45, 2.75) is 64.6 Å². The summed E-state index contributed by atoms with van der Waals surface area (Å²) in [5, 5.41) is 2.87. The van der Waals surface area contributed by atoms with Crippen LogP contribution in [-0.2, 0) is 23.8 Å². The lowest BCUT2D eigenvalue weighted by molar-refractivity contribution is -0.152. The van der Waals surface area contributed by atoms with E-state index in [1.807, 2.05) is 0 Å². The Morgan fingerprint density at radius 2 is 2.04 bits per heavy atom. The second-order valence-electron chi connectivity index (χ2n) is 7.72. The van der Waals surface area contributed by atoms with Gasteiger partial charge in [-0.2, -0.15) is 0 Å². The van der Waals surface area contributed by atoms with E-state index in [1.165, 1.54) is 0 Å². The second-order valence-corrected chi connectivity index (χ2v) is 7.72. The van der Waals surface area contributed by atoms with E-state index in [4.69, 9.17) is 14.2 Å². The Bertz CT molecular complexity index is 530. The number of carbonyl (C=O) groups excluding carboxylic acids is 3. The smallest absolute Gasteiger partial charge is 0.407 e. The minimum absolute atomic E-state index is 0.0525. The first-order valence-electron chi connectivity index (χ1n) is 9.24. The van der Waals surface area contributed by atoms with Gasteiger partial charge in [0.2, 0.25) is 5.91 Å². The van der Waals surface area contributed by atoms with Crippen molar-refractivity contribution >= 4 is 18.0 Å². The molecule has 0 aromatic heterocycles. The Morgan fingerprint density at radius 1 is 1.31 bits per heavy atom. The molecule has 2 amide bonds. The fourth-order valence-corrected chi connectivity index (χ4v) is 3.50. The third-order valence-electron chi connectivity index (χ3n) is 4.56. The fourth-order valence-electron chi connectivity index (χ4n) is 3.50. The zero-order valence-electron chi connectivity index (χ0n) is 16.1. The minimum atomic E-state index is -0.621. The van der Waals surface area contributed by atoms with Gasteiger partial charge in [-0.1, -0.05) is 0 Å². The number of morpholine rings is 1. The molecule has 0 radical (unpaired) electrons. The number of esters is 1. The average molecular weight is 370 g/mol. The van der Waals surface area contributed by atoms with E-state index in [-0.39, 0.29) is 36.5 Å². The number of rotatable bonds is 4. The van der Waals surface area contributed by atoms with Crippen molar-refractivity contribution in [3.63, 3.8) is 0 Å². The van der Waals surface area contributed by atoms with Gasteiger partial charge in [-0.05, 0) is 47.0 Å². The van der Waals surface area contributed by atoms with Crippen molar-refractivity contribution in [1.29, 1.82) is 0 Å². The van der Waals surface area contributed by atoms with E-state index in [9.17, 15) is 14.4 Å². The monoisotopic (exact) mass is 370 g/mol. The van der Waals surface area contributed by atoms with E-state index < -0.39 is 11.7 Å². The number of nitrogens with zero attached hydrogens (tertiary/aromatic N) is 1. The lowest BCUT2D eigenvalue weighted by atomic mass is 9.81. The molecule has 0 unspecified atom stereocenters. The molecule has 3 atom stereocenters. The standard InChI is InChI=1S/C18H30N2O6/c1-5-25-16(22)12-6-7-14(20-8-9-24-11-15(20)21)13(10-12)19-17(23)26-18(2,3)4/h12-14H,5-11H2,1-4H3,(H,19,23)/t12-,13+,14-/m0/s1. The van der Waals surface area contributed by atoms with Gasteiger partial charge >= 0.3 is 12.1 Å². The largest absolute Gasteiger partial charge is 0.466 e. The highest BCUT2D eigenvalue weighted by atomic mass is 16.6. The Hall–Kier alpha value is -1.83. The van der Waals surface area contributed by atoms with Gasteiger partial charge in [-0.15, -0.1) is 0 Å². The molecule has 0 bridgehead atoms. The van der Waals surface area contributed by atoms with Crippen LogP contribution in [0.2, 0.25) is 0 Å². The number of alkyl carbamates (subject to hydrolysis) is 1. The van der Waals surface area contributed by atoms with Gasteiger partial charge in [0.15, 0.2) is 0 Å². The van der Waals surface area contributed by atoms with Gasteiger partial charge in [-0.3, -0.25) is 9.59 Å². The minimum Gasteiger partial charge on any atom is -0.466 e. The van der Waals surface area contributed by atoms with Crippen LogP contribution in [0.3, 0.4) is 0 Å². The summed E-state index contributed by atoms with van der Waals surface area (Å²) in [4.78, 5) is 38.4. The molecule has 0 aromatic carbocycles. The predicted octanol–water partition coefficient (Wildman–Crippen LogP) is 1.47. The van der Waals surface area contributed by atoms with Crippen LogP contribution < -0.4 is 5.32 Å². The molecular weight excluding hydrogens is 340 g/mol. The molecule has 2 fully saturated rings. The normalized spacial score (nSPS) is 27.0. The molecule has 1 saturated carbocycles. The number of nitrogens with one attached hydrogen (secondary N) is 1. The van der Waals surface area contributed by atoms with Crippen molar-refractivity contribution in [2.24, 2.45) is 5.92 Å². The third kappa shape index (κ3) is 5.59. The Labute approximate surface area is 154 Å². The Balaban J connectivity index is 2.11. The van der Waals surface area contributed by atoms with Gasteiger partial charge in [0.25, 0.3) is 0 Å². The van der Waals surface area contributed by atoms with Crippen molar-refractivity contribution in [1.82, 2.24) is 10.2 Å². The Morgan fingerprint density at radius 3 is 2.65 bits per heavy atom. The highest BCUT2D eigenvalue weighted by Crippen LogP contribution is 2.30. The molecule has 1 aliphatic carbocycles. The van der Waals surface area contributed by atoms with Crippen molar-refractivity contribution in [3.05, 3.63) is 0 Å². The van der Waals surface area contributed by atoms with Crippen LogP contribution in [0.4, 0.5) is 4.79 Å². The highest BCUT2D eigenvalue weighted by Gasteiger charge is 2.41. The first-order valence-corrected chi connectivity index (χ1v) is 9.24. The topological polar surface area (TPSA) is 94.2 Å². The van der Waals surface area contributed by atoms with E-state index >= 15 is 0 Å². The number of hydrogen-bond acceptors (Lipinski definition) is 6. The molecule has 0 spiro atoms. The molecule has 1 aliphatic heterocycles. The summed E-state index contributed by atoms with van der Waals surface area (Å²) in [5.74, 6) is -0.635. The maximum Gasteiger partial charge on any atom is 0.407 e. The summed E-state index contributed by atoms with van der Waals surface area (Å²) in [6.45, 7) is 8.48. The molecular formula is C18H30N2O6. The van der Waals surface area contributed by atoms with Gasteiger partial charge in [0.1, 0.15) is 12.2 Å². The van der Waals surface area contributed by atoms with E-state index in [0.29, 0.717) is 39.0 Å². The molecule has 1 heterocycles. The van der Waals surface area contributed by atoms with Crippen LogP contribution in [0.5, 0.6) is 0 Å². The van der Waals surface area contributed by atoms with Gasteiger partial charge in [0.05, 0.1) is 31.2 Å². The summed E-state index contributed by atoms with van der Waals surface area (Å²) >= 11 is 0. The van der Waals surface area contributed by atoms with Gasteiger partial charge < -0.3 is 24.4 Å². The molecule has 2 rings (SSSR count).